The summed E-state index contributed by atoms with van der Waals surface area (Å²) in [4.78, 5) is 14.6. The summed E-state index contributed by atoms with van der Waals surface area (Å²) in [5.41, 5.74) is 1.87. The number of nitrogens with zero attached hydrogens (tertiary/aromatic N) is 4. The second-order valence-electron chi connectivity index (χ2n) is 7.22. The van der Waals surface area contributed by atoms with Crippen molar-refractivity contribution in [2.45, 2.75) is 31.8 Å². The molecule has 0 atom stereocenters. The lowest BCUT2D eigenvalue weighted by atomic mass is 9.99. The molecule has 7 heteroatoms. The van der Waals surface area contributed by atoms with Gasteiger partial charge in [0.05, 0.1) is 17.6 Å². The molecule has 3 heterocycles. The average Bonchev–Trinajstić information content (AvgIpc) is 3.33. The van der Waals surface area contributed by atoms with E-state index in [0.29, 0.717) is 16.8 Å². The molecule has 1 fully saturated rings. The van der Waals surface area contributed by atoms with E-state index in [1.807, 2.05) is 52.8 Å². The van der Waals surface area contributed by atoms with Gasteiger partial charge in [-0.3, -0.25) is 9.36 Å². The number of rotatable bonds is 5. The number of para-hydroxylation sites is 1. The molecule has 28 heavy (non-hydrogen) atoms. The Hall–Kier alpha value is -2.54. The zero-order valence-electron chi connectivity index (χ0n) is 16.2. The molecule has 1 aliphatic rings. The summed E-state index contributed by atoms with van der Waals surface area (Å²) < 4.78 is 7.45. The Labute approximate surface area is 168 Å². The number of hydrogen-bond acceptors (Lipinski definition) is 5. The zero-order chi connectivity index (χ0) is 19.5. The van der Waals surface area contributed by atoms with Gasteiger partial charge in [-0.1, -0.05) is 36.9 Å². The molecule has 1 saturated heterocycles. The van der Waals surface area contributed by atoms with Gasteiger partial charge in [0.2, 0.25) is 5.91 Å². The van der Waals surface area contributed by atoms with Crippen molar-refractivity contribution in [3.05, 3.63) is 48.4 Å². The molecule has 6 nitrogen and oxygen atoms in total. The summed E-state index contributed by atoms with van der Waals surface area (Å²) >= 11 is 1.44. The van der Waals surface area contributed by atoms with Gasteiger partial charge in [-0.05, 0) is 43.9 Å². The van der Waals surface area contributed by atoms with Crippen LogP contribution in [0, 0.1) is 12.8 Å². The Bertz CT molecular complexity index is 942. The van der Waals surface area contributed by atoms with E-state index in [9.17, 15) is 4.79 Å². The third kappa shape index (κ3) is 3.85. The van der Waals surface area contributed by atoms with Gasteiger partial charge in [0.15, 0.2) is 11.0 Å². The first kappa shape index (κ1) is 18.8. The maximum absolute atomic E-state index is 12.6. The van der Waals surface area contributed by atoms with Crippen molar-refractivity contribution in [1.82, 2.24) is 19.7 Å². The number of carbonyl (C=O) groups excluding carboxylic acids is 1. The molecule has 0 spiro atoms. The van der Waals surface area contributed by atoms with Crippen molar-refractivity contribution in [2.24, 2.45) is 5.92 Å². The van der Waals surface area contributed by atoms with Crippen molar-refractivity contribution in [1.29, 1.82) is 0 Å². The summed E-state index contributed by atoms with van der Waals surface area (Å²) in [6.07, 6.45) is 3.82. The number of aromatic nitrogens is 3. The van der Waals surface area contributed by atoms with Gasteiger partial charge < -0.3 is 9.32 Å². The maximum Gasteiger partial charge on any atom is 0.233 e. The van der Waals surface area contributed by atoms with Gasteiger partial charge >= 0.3 is 0 Å². The van der Waals surface area contributed by atoms with Crippen LogP contribution < -0.4 is 0 Å². The monoisotopic (exact) mass is 396 g/mol. The predicted octanol–water partition coefficient (Wildman–Crippen LogP) is 4.19. The summed E-state index contributed by atoms with van der Waals surface area (Å²) in [6.45, 7) is 5.86. The lowest BCUT2D eigenvalue weighted by molar-refractivity contribution is -0.129. The van der Waals surface area contributed by atoms with Gasteiger partial charge in [0, 0.05) is 18.8 Å². The molecule has 2 aromatic heterocycles. The van der Waals surface area contributed by atoms with E-state index in [0.717, 1.165) is 48.8 Å². The van der Waals surface area contributed by atoms with Crippen molar-refractivity contribution in [3.63, 3.8) is 0 Å². The van der Waals surface area contributed by atoms with Crippen LogP contribution in [0.1, 0.15) is 25.5 Å². The van der Waals surface area contributed by atoms with E-state index < -0.39 is 0 Å². The quantitative estimate of drug-likeness (QED) is 0.605. The molecule has 1 aliphatic heterocycles. The topological polar surface area (TPSA) is 64.2 Å². The molecular formula is C21H24N4O2S. The van der Waals surface area contributed by atoms with Crippen LogP contribution in [0.25, 0.3) is 17.1 Å². The lowest BCUT2D eigenvalue weighted by Gasteiger charge is -2.30. The predicted molar refractivity (Wildman–Crippen MR) is 110 cm³/mol. The molecule has 1 amide bonds. The van der Waals surface area contributed by atoms with Crippen molar-refractivity contribution in [2.75, 3.05) is 18.8 Å². The second kappa shape index (κ2) is 8.22. The van der Waals surface area contributed by atoms with Crippen LogP contribution in [0.5, 0.6) is 0 Å². The summed E-state index contributed by atoms with van der Waals surface area (Å²) in [5, 5.41) is 9.49. The van der Waals surface area contributed by atoms with E-state index in [2.05, 4.69) is 17.1 Å². The SMILES string of the molecule is Cc1occc1-c1nnc(SCC(=O)N2CCC(C)CC2)n1-c1ccccc1. The molecular weight excluding hydrogens is 372 g/mol. The van der Waals surface area contributed by atoms with Gasteiger partial charge in [-0.15, -0.1) is 10.2 Å². The van der Waals surface area contributed by atoms with E-state index in [-0.39, 0.29) is 5.91 Å². The molecule has 0 bridgehead atoms. The highest BCUT2D eigenvalue weighted by atomic mass is 32.2. The molecule has 0 unspecified atom stereocenters. The number of amides is 1. The van der Waals surface area contributed by atoms with Crippen LogP contribution >= 0.6 is 11.8 Å². The molecule has 146 valence electrons. The van der Waals surface area contributed by atoms with Crippen LogP contribution in [0.4, 0.5) is 0 Å². The van der Waals surface area contributed by atoms with Crippen LogP contribution in [-0.4, -0.2) is 44.4 Å². The third-order valence-electron chi connectivity index (χ3n) is 5.21. The van der Waals surface area contributed by atoms with E-state index in [4.69, 9.17) is 4.42 Å². The van der Waals surface area contributed by atoms with Crippen molar-refractivity contribution in [3.8, 4) is 17.1 Å². The van der Waals surface area contributed by atoms with Gasteiger partial charge in [0.25, 0.3) is 0 Å². The Morgan fingerprint density at radius 3 is 2.61 bits per heavy atom. The molecule has 1 aromatic carbocycles. The highest BCUT2D eigenvalue weighted by Gasteiger charge is 2.23. The fourth-order valence-electron chi connectivity index (χ4n) is 3.44. The van der Waals surface area contributed by atoms with Crippen LogP contribution in [-0.2, 0) is 4.79 Å². The average molecular weight is 397 g/mol. The number of piperidine rings is 1. The Balaban J connectivity index is 1.58. The van der Waals surface area contributed by atoms with Crippen LogP contribution in [0.3, 0.4) is 0 Å². The highest BCUT2D eigenvalue weighted by molar-refractivity contribution is 7.99. The number of benzene rings is 1. The first-order valence-corrected chi connectivity index (χ1v) is 10.6. The number of carbonyl (C=O) groups is 1. The second-order valence-corrected chi connectivity index (χ2v) is 8.16. The van der Waals surface area contributed by atoms with Gasteiger partial charge in [-0.25, -0.2) is 0 Å². The standard InChI is InChI=1S/C21H24N4O2S/c1-15-8-11-24(12-9-15)19(26)14-28-21-23-22-20(18-10-13-27-16(18)2)25(21)17-6-4-3-5-7-17/h3-7,10,13,15H,8-9,11-12,14H2,1-2H3. The third-order valence-corrected chi connectivity index (χ3v) is 6.12. The summed E-state index contributed by atoms with van der Waals surface area (Å²) in [7, 11) is 0. The maximum atomic E-state index is 12.6. The Kier molecular flexibility index (Phi) is 5.52. The number of furan rings is 1. The summed E-state index contributed by atoms with van der Waals surface area (Å²) in [5.74, 6) is 2.75. The van der Waals surface area contributed by atoms with E-state index in [1.165, 1.54) is 11.8 Å². The highest BCUT2D eigenvalue weighted by Crippen LogP contribution is 2.30. The number of likely N-dealkylation sites (tertiary alicyclic amines) is 1. The first-order chi connectivity index (χ1) is 13.6. The molecule has 3 aromatic rings. The number of aryl methyl sites for hydroxylation is 1. The van der Waals surface area contributed by atoms with Gasteiger partial charge in [-0.2, -0.15) is 0 Å². The molecule has 4 rings (SSSR count). The van der Waals surface area contributed by atoms with Crippen molar-refractivity contribution < 1.29 is 9.21 Å². The molecule has 0 saturated carbocycles. The van der Waals surface area contributed by atoms with Crippen LogP contribution in [0.2, 0.25) is 0 Å². The largest absolute Gasteiger partial charge is 0.469 e. The minimum absolute atomic E-state index is 0.167. The fraction of sp³-hybridized carbons (Fsp3) is 0.381. The zero-order valence-corrected chi connectivity index (χ0v) is 17.0. The minimum atomic E-state index is 0.167. The van der Waals surface area contributed by atoms with Gasteiger partial charge in [0.1, 0.15) is 5.76 Å². The molecule has 0 N–H and O–H groups in total. The van der Waals surface area contributed by atoms with E-state index in [1.54, 1.807) is 6.26 Å². The van der Waals surface area contributed by atoms with E-state index >= 15 is 0 Å². The minimum Gasteiger partial charge on any atom is -0.469 e. The van der Waals surface area contributed by atoms with Crippen LogP contribution in [0.15, 0.2) is 52.2 Å². The van der Waals surface area contributed by atoms with Crippen molar-refractivity contribution >= 4 is 17.7 Å². The Morgan fingerprint density at radius 2 is 1.93 bits per heavy atom. The Morgan fingerprint density at radius 1 is 1.18 bits per heavy atom. The first-order valence-electron chi connectivity index (χ1n) is 9.59. The lowest BCUT2D eigenvalue weighted by Crippen LogP contribution is -2.38. The molecule has 0 radical (unpaired) electrons. The summed E-state index contributed by atoms with van der Waals surface area (Å²) in [6, 6.07) is 11.9. The normalized spacial score (nSPS) is 15.1. The number of hydrogen-bond donors (Lipinski definition) is 0. The molecule has 0 aliphatic carbocycles. The smallest absolute Gasteiger partial charge is 0.233 e. The number of thioether (sulfide) groups is 1. The fourth-order valence-corrected chi connectivity index (χ4v) is 4.29.